The lowest BCUT2D eigenvalue weighted by Crippen LogP contribution is -2.32. The van der Waals surface area contributed by atoms with Gasteiger partial charge in [-0.25, -0.2) is 9.13 Å². The van der Waals surface area contributed by atoms with E-state index in [0.717, 1.165) is 19.6 Å². The SMILES string of the molecule is CCCCCCCC[n+]1ccccc1.CCCC[n+]1ccccc1.OCCN1C=CC=CC1. The highest BCUT2D eigenvalue weighted by atomic mass is 16.3. The molecular formula is C29H47N3O+2. The van der Waals surface area contributed by atoms with Gasteiger partial charge in [0.05, 0.1) is 6.61 Å². The predicted molar refractivity (Wildman–Crippen MR) is 138 cm³/mol. The Labute approximate surface area is 202 Å². The molecule has 0 aromatic carbocycles. The van der Waals surface area contributed by atoms with Gasteiger partial charge >= 0.3 is 0 Å². The zero-order valence-electron chi connectivity index (χ0n) is 21.1. The second-order valence-electron chi connectivity index (χ2n) is 8.34. The Kier molecular flexibility index (Phi) is 18.5. The number of rotatable bonds is 12. The lowest BCUT2D eigenvalue weighted by molar-refractivity contribution is -0.697. The van der Waals surface area contributed by atoms with Gasteiger partial charge in [-0.1, -0.05) is 70.2 Å². The molecule has 0 amide bonds. The summed E-state index contributed by atoms with van der Waals surface area (Å²) in [4.78, 5) is 2.06. The molecule has 0 unspecified atom stereocenters. The van der Waals surface area contributed by atoms with E-state index in [1.807, 2.05) is 24.4 Å². The van der Waals surface area contributed by atoms with Gasteiger partial charge in [-0.3, -0.25) is 0 Å². The number of aliphatic hydroxyl groups excluding tert-OH is 1. The number of pyridine rings is 2. The topological polar surface area (TPSA) is 31.2 Å². The molecule has 1 N–H and O–H groups in total. The summed E-state index contributed by atoms with van der Waals surface area (Å²) in [5, 5.41) is 8.52. The van der Waals surface area contributed by atoms with Gasteiger partial charge in [0.15, 0.2) is 24.8 Å². The maximum absolute atomic E-state index is 8.52. The number of aliphatic hydroxyl groups is 1. The van der Waals surface area contributed by atoms with Crippen LogP contribution in [0.4, 0.5) is 0 Å². The van der Waals surface area contributed by atoms with Crippen molar-refractivity contribution in [2.24, 2.45) is 0 Å². The Hall–Kier alpha value is -2.46. The third-order valence-electron chi connectivity index (χ3n) is 5.37. The van der Waals surface area contributed by atoms with Crippen molar-refractivity contribution >= 4 is 0 Å². The largest absolute Gasteiger partial charge is 0.395 e. The van der Waals surface area contributed by atoms with Crippen molar-refractivity contribution in [2.75, 3.05) is 19.7 Å². The van der Waals surface area contributed by atoms with Crippen molar-refractivity contribution in [3.8, 4) is 0 Å². The summed E-state index contributed by atoms with van der Waals surface area (Å²) in [6.45, 7) is 8.70. The Bertz CT molecular complexity index is 716. The number of hydrogen-bond acceptors (Lipinski definition) is 2. The molecule has 33 heavy (non-hydrogen) atoms. The van der Waals surface area contributed by atoms with Crippen LogP contribution in [-0.2, 0) is 13.1 Å². The Morgan fingerprint density at radius 1 is 0.667 bits per heavy atom. The lowest BCUT2D eigenvalue weighted by atomic mass is 10.1. The zero-order chi connectivity index (χ0) is 23.8. The van der Waals surface area contributed by atoms with Crippen molar-refractivity contribution in [1.82, 2.24) is 4.90 Å². The number of nitrogens with zero attached hydrogens (tertiary/aromatic N) is 3. The third kappa shape index (κ3) is 16.8. The Balaban J connectivity index is 0.000000255. The quantitative estimate of drug-likeness (QED) is 0.341. The van der Waals surface area contributed by atoms with Crippen molar-refractivity contribution in [3.05, 3.63) is 85.6 Å². The van der Waals surface area contributed by atoms with E-state index in [4.69, 9.17) is 5.11 Å². The predicted octanol–water partition coefficient (Wildman–Crippen LogP) is 5.47. The van der Waals surface area contributed by atoms with E-state index in [0.29, 0.717) is 0 Å². The molecule has 0 saturated carbocycles. The second kappa shape index (κ2) is 21.4. The molecule has 0 spiro atoms. The first-order valence-electron chi connectivity index (χ1n) is 12.9. The lowest BCUT2D eigenvalue weighted by Gasteiger charge is -2.18. The van der Waals surface area contributed by atoms with Crippen LogP contribution in [0, 0.1) is 0 Å². The first-order chi connectivity index (χ1) is 16.3. The van der Waals surface area contributed by atoms with E-state index in [1.54, 1.807) is 0 Å². The number of aryl methyl sites for hydroxylation is 2. The van der Waals surface area contributed by atoms with E-state index < -0.39 is 0 Å². The molecule has 0 fully saturated rings. The minimum absolute atomic E-state index is 0.234. The summed E-state index contributed by atoms with van der Waals surface area (Å²) < 4.78 is 4.48. The van der Waals surface area contributed by atoms with Crippen molar-refractivity contribution < 1.29 is 14.2 Å². The summed E-state index contributed by atoms with van der Waals surface area (Å²) in [6.07, 6.45) is 27.3. The fourth-order valence-electron chi connectivity index (χ4n) is 3.38. The fraction of sp³-hybridized carbons (Fsp3) is 0.517. The Morgan fingerprint density at radius 3 is 1.73 bits per heavy atom. The number of β-amino-alcohol motifs (C(OH)–C–C–N with tert-alkyl or cyclic N) is 1. The van der Waals surface area contributed by atoms with Gasteiger partial charge in [0.2, 0.25) is 0 Å². The highest BCUT2D eigenvalue weighted by Gasteiger charge is 1.97. The molecule has 3 heterocycles. The monoisotopic (exact) mass is 453 g/mol. The van der Waals surface area contributed by atoms with Crippen LogP contribution in [0.1, 0.15) is 65.2 Å². The molecule has 1 aliphatic rings. The molecule has 0 saturated heterocycles. The number of aromatic nitrogens is 2. The van der Waals surface area contributed by atoms with E-state index in [2.05, 4.69) is 89.1 Å². The van der Waals surface area contributed by atoms with Crippen LogP contribution < -0.4 is 9.13 Å². The van der Waals surface area contributed by atoms with Crippen LogP contribution in [0.3, 0.4) is 0 Å². The van der Waals surface area contributed by atoms with Crippen LogP contribution in [0.2, 0.25) is 0 Å². The molecule has 4 nitrogen and oxygen atoms in total. The van der Waals surface area contributed by atoms with Crippen molar-refractivity contribution in [3.63, 3.8) is 0 Å². The highest BCUT2D eigenvalue weighted by Crippen LogP contribution is 2.04. The molecule has 0 atom stereocenters. The Morgan fingerprint density at radius 2 is 1.21 bits per heavy atom. The average molecular weight is 454 g/mol. The van der Waals surface area contributed by atoms with Crippen molar-refractivity contribution in [2.45, 2.75) is 78.3 Å². The summed E-state index contributed by atoms with van der Waals surface area (Å²) in [5.41, 5.74) is 0. The van der Waals surface area contributed by atoms with Crippen LogP contribution in [0.25, 0.3) is 0 Å². The molecule has 4 heteroatoms. The van der Waals surface area contributed by atoms with Gasteiger partial charge in [0, 0.05) is 50.2 Å². The number of hydrogen-bond donors (Lipinski definition) is 1. The molecule has 182 valence electrons. The summed E-state index contributed by atoms with van der Waals surface area (Å²) >= 11 is 0. The van der Waals surface area contributed by atoms with E-state index in [1.165, 1.54) is 57.9 Å². The van der Waals surface area contributed by atoms with E-state index in [-0.39, 0.29) is 6.61 Å². The van der Waals surface area contributed by atoms with Gasteiger partial charge in [0.25, 0.3) is 0 Å². The summed E-state index contributed by atoms with van der Waals surface area (Å²) in [7, 11) is 0. The zero-order valence-corrected chi connectivity index (χ0v) is 21.1. The number of allylic oxidation sites excluding steroid dienone is 2. The normalized spacial score (nSPS) is 11.9. The minimum Gasteiger partial charge on any atom is -0.395 e. The van der Waals surface area contributed by atoms with Gasteiger partial charge in [-0.2, -0.15) is 0 Å². The summed E-state index contributed by atoms with van der Waals surface area (Å²) in [5.74, 6) is 0. The van der Waals surface area contributed by atoms with Crippen LogP contribution in [0.15, 0.2) is 85.6 Å². The first-order valence-corrected chi connectivity index (χ1v) is 12.9. The van der Waals surface area contributed by atoms with Crippen molar-refractivity contribution in [1.29, 1.82) is 0 Å². The standard InChI is InChI=1S/C13H22N.C9H14N.C7H11NO/c1-2-3-4-5-6-8-11-14-12-9-7-10-13-14;1-2-3-7-10-8-5-4-6-9-10;9-7-6-8-4-2-1-3-5-8/h7,9-10,12-13H,2-6,8,11H2,1H3;4-6,8-9H,2-3,7H2,1H3;1-4,9H,5-7H2/q2*+1;. The summed E-state index contributed by atoms with van der Waals surface area (Å²) in [6, 6.07) is 12.4. The molecule has 3 rings (SSSR count). The number of unbranched alkanes of at least 4 members (excludes halogenated alkanes) is 6. The van der Waals surface area contributed by atoms with Gasteiger partial charge in [0.1, 0.15) is 13.1 Å². The maximum atomic E-state index is 8.52. The molecule has 0 aliphatic carbocycles. The van der Waals surface area contributed by atoms with E-state index >= 15 is 0 Å². The second-order valence-corrected chi connectivity index (χ2v) is 8.34. The van der Waals surface area contributed by atoms with Crippen LogP contribution in [0.5, 0.6) is 0 Å². The van der Waals surface area contributed by atoms with E-state index in [9.17, 15) is 0 Å². The first kappa shape index (κ1) is 28.6. The molecule has 0 radical (unpaired) electrons. The molecular weight excluding hydrogens is 406 g/mol. The molecule has 2 aromatic rings. The highest BCUT2D eigenvalue weighted by molar-refractivity contribution is 5.08. The third-order valence-corrected chi connectivity index (χ3v) is 5.37. The maximum Gasteiger partial charge on any atom is 0.168 e. The van der Waals surface area contributed by atoms with Crippen LogP contribution >= 0.6 is 0 Å². The molecule has 1 aliphatic heterocycles. The smallest absolute Gasteiger partial charge is 0.168 e. The molecule has 0 bridgehead atoms. The van der Waals surface area contributed by atoms with Crippen LogP contribution in [-0.4, -0.2) is 29.7 Å². The van der Waals surface area contributed by atoms with Gasteiger partial charge in [-0.05, 0) is 18.7 Å². The fourth-order valence-corrected chi connectivity index (χ4v) is 3.38. The molecule has 2 aromatic heterocycles. The van der Waals surface area contributed by atoms with Gasteiger partial charge < -0.3 is 10.0 Å². The minimum atomic E-state index is 0.234. The van der Waals surface area contributed by atoms with Gasteiger partial charge in [-0.15, -0.1) is 0 Å². The average Bonchev–Trinajstić information content (AvgIpc) is 2.88.